The molecule has 1 aliphatic rings. The van der Waals surface area contributed by atoms with Crippen LogP contribution in [0.5, 0.6) is 0 Å². The fourth-order valence-electron chi connectivity index (χ4n) is 2.38. The molecule has 0 fully saturated rings. The van der Waals surface area contributed by atoms with Crippen molar-refractivity contribution in [2.45, 2.75) is 6.54 Å². The summed E-state index contributed by atoms with van der Waals surface area (Å²) in [5.41, 5.74) is 9.27. The summed E-state index contributed by atoms with van der Waals surface area (Å²) in [5.74, 6) is 0.506. The van der Waals surface area contributed by atoms with Crippen LogP contribution in [-0.2, 0) is 6.54 Å². The Morgan fingerprint density at radius 1 is 1.24 bits per heavy atom. The third-order valence-corrected chi connectivity index (χ3v) is 3.45. The van der Waals surface area contributed by atoms with E-state index in [9.17, 15) is 4.79 Å². The zero-order chi connectivity index (χ0) is 14.8. The molecule has 0 radical (unpaired) electrons. The number of aliphatic hydroxyl groups is 1. The molecule has 0 aliphatic heterocycles. The van der Waals surface area contributed by atoms with Crippen LogP contribution in [0.4, 0.5) is 5.82 Å². The van der Waals surface area contributed by atoms with Crippen LogP contribution in [0.3, 0.4) is 0 Å². The summed E-state index contributed by atoms with van der Waals surface area (Å²) in [4.78, 5) is 11.9. The van der Waals surface area contributed by atoms with Crippen LogP contribution in [-0.4, -0.2) is 39.7 Å². The molecular formula is C15H14BN3O2. The van der Waals surface area contributed by atoms with Gasteiger partial charge in [0, 0.05) is 0 Å². The number of aliphatic hydroxyl groups excluding tert-OH is 1. The summed E-state index contributed by atoms with van der Waals surface area (Å²) in [5, 5.41) is 13.1. The molecule has 2 aromatic rings. The second-order valence-electron chi connectivity index (χ2n) is 4.77. The Balaban J connectivity index is 2.04. The van der Waals surface area contributed by atoms with E-state index in [0.29, 0.717) is 17.9 Å². The van der Waals surface area contributed by atoms with Crippen molar-refractivity contribution in [2.24, 2.45) is 0 Å². The van der Waals surface area contributed by atoms with E-state index in [1.807, 2.05) is 31.2 Å². The minimum atomic E-state index is -0.0148. The Morgan fingerprint density at radius 3 is 2.76 bits per heavy atom. The molecule has 0 bridgehead atoms. The summed E-state index contributed by atoms with van der Waals surface area (Å²) >= 11 is 0. The second kappa shape index (κ2) is 5.50. The van der Waals surface area contributed by atoms with Crippen LogP contribution in [0, 0.1) is 0 Å². The Labute approximate surface area is 122 Å². The molecule has 1 aliphatic carbocycles. The van der Waals surface area contributed by atoms with Gasteiger partial charge < -0.3 is 0 Å². The second-order valence-corrected chi connectivity index (χ2v) is 4.77. The average molecular weight is 279 g/mol. The van der Waals surface area contributed by atoms with Crippen molar-refractivity contribution < 1.29 is 9.90 Å². The third kappa shape index (κ3) is 2.45. The number of nitrogens with zero attached hydrogens (tertiary/aromatic N) is 2. The Hall–Kier alpha value is -2.47. The van der Waals surface area contributed by atoms with Crippen molar-refractivity contribution in [1.82, 2.24) is 9.78 Å². The molecule has 0 amide bonds. The average Bonchev–Trinajstić information content (AvgIpc) is 2.84. The number of fused-ring (bicyclic) bond motifs is 1. The molecule has 0 atom stereocenters. The van der Waals surface area contributed by atoms with Crippen LogP contribution in [0.25, 0.3) is 0 Å². The zero-order valence-corrected chi connectivity index (χ0v) is 11.4. The van der Waals surface area contributed by atoms with E-state index in [4.69, 9.17) is 10.8 Å². The summed E-state index contributed by atoms with van der Waals surface area (Å²) in [6.45, 7) is 2.25. The first kappa shape index (κ1) is 13.5. The van der Waals surface area contributed by atoms with Gasteiger partial charge in [0.1, 0.15) is 0 Å². The number of allylic oxidation sites excluding steroid dienone is 2. The topological polar surface area (TPSA) is 81.1 Å². The number of carbonyl (C=O) groups excluding carboxylic acids is 1. The van der Waals surface area contributed by atoms with Crippen molar-refractivity contribution in [1.29, 1.82) is 0 Å². The van der Waals surface area contributed by atoms with Crippen molar-refractivity contribution in [3.05, 3.63) is 53.7 Å². The predicted molar refractivity (Wildman–Crippen MR) is 83.1 cm³/mol. The Bertz CT molecular complexity index is 762. The third-order valence-electron chi connectivity index (χ3n) is 3.45. The number of ketones is 1. The molecule has 1 heterocycles. The van der Waals surface area contributed by atoms with Gasteiger partial charge in [0.2, 0.25) is 0 Å². The SMILES string of the molecule is Nc1c(B=C2C=CC(=O)c3ccccc32)cnn1CCO. The van der Waals surface area contributed by atoms with Gasteiger partial charge in [-0.2, -0.15) is 0 Å². The summed E-state index contributed by atoms with van der Waals surface area (Å²) < 4.78 is 1.55. The molecule has 6 heteroatoms. The van der Waals surface area contributed by atoms with E-state index in [-0.39, 0.29) is 12.4 Å². The molecule has 3 N–H and O–H groups in total. The first-order chi connectivity index (χ1) is 10.2. The Morgan fingerprint density at radius 2 is 2.00 bits per heavy atom. The van der Waals surface area contributed by atoms with E-state index in [1.54, 1.807) is 23.0 Å². The van der Waals surface area contributed by atoms with Crippen LogP contribution in [0.2, 0.25) is 0 Å². The van der Waals surface area contributed by atoms with Gasteiger partial charge in [-0.15, -0.1) is 0 Å². The summed E-state index contributed by atoms with van der Waals surface area (Å²) in [7, 11) is 0. The molecular weight excluding hydrogens is 265 g/mol. The van der Waals surface area contributed by atoms with E-state index in [0.717, 1.165) is 16.5 Å². The molecule has 1 aromatic carbocycles. The van der Waals surface area contributed by atoms with Gasteiger partial charge in [0.25, 0.3) is 0 Å². The number of nitrogen functional groups attached to an aromatic ring is 1. The van der Waals surface area contributed by atoms with Crippen molar-refractivity contribution in [3.63, 3.8) is 0 Å². The molecule has 21 heavy (non-hydrogen) atoms. The summed E-state index contributed by atoms with van der Waals surface area (Å²) in [6.07, 6.45) is 5.00. The fraction of sp³-hybridized carbons (Fsp3) is 0.133. The summed E-state index contributed by atoms with van der Waals surface area (Å²) in [6, 6.07) is 7.48. The molecule has 0 saturated carbocycles. The standard InChI is InChI=1S/C15H14BN3O2/c17-15-13(9-18-19(15)7-8-20)16-12-5-6-14(21)11-4-2-1-3-10(11)12/h1-6,9,20H,7-8,17H2. The number of carbonyl (C=O) groups is 1. The number of benzene rings is 1. The van der Waals surface area contributed by atoms with Crippen molar-refractivity contribution >= 4 is 29.4 Å². The van der Waals surface area contributed by atoms with Gasteiger partial charge in [-0.1, -0.05) is 0 Å². The first-order valence-corrected chi connectivity index (χ1v) is 6.66. The molecule has 104 valence electrons. The normalized spacial score (nSPS) is 15.1. The molecule has 0 saturated heterocycles. The number of rotatable bonds is 3. The number of hydrogen-bond donors (Lipinski definition) is 2. The van der Waals surface area contributed by atoms with Gasteiger partial charge in [-0.05, 0) is 0 Å². The molecule has 3 rings (SSSR count). The number of hydrogen-bond acceptors (Lipinski definition) is 4. The maximum atomic E-state index is 11.9. The molecule has 5 nitrogen and oxygen atoms in total. The molecule has 1 aromatic heterocycles. The van der Waals surface area contributed by atoms with Gasteiger partial charge in [-0.25, -0.2) is 0 Å². The van der Waals surface area contributed by atoms with Crippen molar-refractivity contribution in [3.8, 4) is 0 Å². The van der Waals surface area contributed by atoms with E-state index >= 15 is 0 Å². The zero-order valence-electron chi connectivity index (χ0n) is 11.4. The first-order valence-electron chi connectivity index (χ1n) is 6.66. The van der Waals surface area contributed by atoms with Crippen LogP contribution in [0.15, 0.2) is 42.6 Å². The quantitative estimate of drug-likeness (QED) is 0.760. The number of aromatic nitrogens is 2. The van der Waals surface area contributed by atoms with E-state index in [1.165, 1.54) is 0 Å². The van der Waals surface area contributed by atoms with Gasteiger partial charge in [0.15, 0.2) is 0 Å². The molecule has 0 spiro atoms. The van der Waals surface area contributed by atoms with Crippen LogP contribution in [0.1, 0.15) is 15.9 Å². The van der Waals surface area contributed by atoms with E-state index in [2.05, 4.69) is 5.10 Å². The fourth-order valence-corrected chi connectivity index (χ4v) is 2.38. The number of anilines is 1. The maximum absolute atomic E-state index is 11.9. The predicted octanol–water partition coefficient (Wildman–Crippen LogP) is -0.240. The monoisotopic (exact) mass is 279 g/mol. The van der Waals surface area contributed by atoms with E-state index < -0.39 is 0 Å². The van der Waals surface area contributed by atoms with Crippen LogP contribution < -0.4 is 11.2 Å². The van der Waals surface area contributed by atoms with Crippen LogP contribution >= 0.6 is 0 Å². The van der Waals surface area contributed by atoms with Crippen molar-refractivity contribution in [2.75, 3.05) is 12.3 Å². The Kier molecular flexibility index (Phi) is 3.54. The van der Waals surface area contributed by atoms with Gasteiger partial charge in [-0.3, -0.25) is 0 Å². The minimum absolute atomic E-state index is 0.00620. The van der Waals surface area contributed by atoms with Gasteiger partial charge >= 0.3 is 122 Å². The number of nitrogens with two attached hydrogens (primary N) is 1. The molecule has 0 unspecified atom stereocenters. The van der Waals surface area contributed by atoms with Gasteiger partial charge in [0.05, 0.1) is 0 Å².